The van der Waals surface area contributed by atoms with Crippen LogP contribution in [0.4, 0.5) is 9.59 Å². The highest BCUT2D eigenvalue weighted by molar-refractivity contribution is 5.79. The minimum absolute atomic E-state index is 0.0421. The molecule has 2 saturated carbocycles. The Balaban J connectivity index is 0.000000297. The van der Waals surface area contributed by atoms with E-state index in [1.807, 2.05) is 46.4 Å². The van der Waals surface area contributed by atoms with Crippen molar-refractivity contribution in [1.29, 1.82) is 0 Å². The van der Waals surface area contributed by atoms with Crippen molar-refractivity contribution in [3.63, 3.8) is 0 Å². The Labute approximate surface area is 307 Å². The first kappa shape index (κ1) is 44.5. The third-order valence-electron chi connectivity index (χ3n) is 9.57. The van der Waals surface area contributed by atoms with Gasteiger partial charge < -0.3 is 44.9 Å². The number of carbonyl (C=O) groups excluding carboxylic acids is 3. The number of hydrogen-bond donors (Lipinski definition) is 4. The molecule has 2 aliphatic heterocycles. The second-order valence-electron chi connectivity index (χ2n) is 17.0. The molecule has 2 heterocycles. The molecular formula is C38H70N4O9. The van der Waals surface area contributed by atoms with E-state index < -0.39 is 23.3 Å². The fourth-order valence-corrected chi connectivity index (χ4v) is 6.61. The van der Waals surface area contributed by atoms with Crippen LogP contribution in [0.25, 0.3) is 0 Å². The predicted molar refractivity (Wildman–Crippen MR) is 196 cm³/mol. The van der Waals surface area contributed by atoms with Gasteiger partial charge in [-0.2, -0.15) is 0 Å². The zero-order chi connectivity index (χ0) is 38.4. The molecule has 3 amide bonds. The number of amides is 3. The van der Waals surface area contributed by atoms with Crippen molar-refractivity contribution in [2.75, 3.05) is 39.5 Å². The van der Waals surface area contributed by atoms with E-state index in [0.717, 1.165) is 45.4 Å². The summed E-state index contributed by atoms with van der Waals surface area (Å²) in [5, 5.41) is 18.0. The van der Waals surface area contributed by atoms with E-state index in [2.05, 4.69) is 43.6 Å². The average molecular weight is 727 g/mol. The lowest BCUT2D eigenvalue weighted by Crippen LogP contribution is -2.53. The molecule has 51 heavy (non-hydrogen) atoms. The van der Waals surface area contributed by atoms with Crippen molar-refractivity contribution >= 4 is 24.1 Å². The molecule has 0 radical (unpaired) electrons. The van der Waals surface area contributed by atoms with E-state index >= 15 is 0 Å². The fourth-order valence-electron chi connectivity index (χ4n) is 6.61. The van der Waals surface area contributed by atoms with Crippen LogP contribution in [0.2, 0.25) is 0 Å². The van der Waals surface area contributed by atoms with Crippen LogP contribution in [-0.4, -0.2) is 109 Å². The first-order valence-corrected chi connectivity index (χ1v) is 19.2. The lowest BCUT2D eigenvalue weighted by Gasteiger charge is -2.41. The molecular weight excluding hydrogens is 656 g/mol. The Bertz CT molecular complexity index is 1070. The highest BCUT2D eigenvalue weighted by atomic mass is 16.6. The van der Waals surface area contributed by atoms with Gasteiger partial charge in [0.2, 0.25) is 5.91 Å². The third kappa shape index (κ3) is 17.6. The molecule has 13 heteroatoms. The van der Waals surface area contributed by atoms with Gasteiger partial charge in [0.25, 0.3) is 0 Å². The molecule has 2 atom stereocenters. The zero-order valence-corrected chi connectivity index (χ0v) is 33.2. The van der Waals surface area contributed by atoms with Gasteiger partial charge in [0.05, 0.1) is 38.4 Å². The maximum atomic E-state index is 12.9. The number of aliphatic carboxylic acids is 1. The molecule has 0 aromatic heterocycles. The molecule has 0 unspecified atom stereocenters. The molecule has 4 rings (SSSR count). The standard InChI is InChI=1S/C19H34N2O4.C12H21NO4.C7H15NO/c1-13(2)16-12-24-11-10-21(16)17(22)14-6-8-15(9-7-14)20-18(23)25-19(3,4)5;1-12(2,3)17-11(16)13-9-6-4-8(5-7-9)10(14)15;1-6(2)7-5-9-4-3-8-7/h13-16H,6-12H2,1-5H3,(H,20,23);8-9H,4-7H2,1-3H3,(H,13,16)(H,14,15);6-8H,3-5H2,1-2H3/t14?,15?,16-;;7-/m1.1/s1. The number of carboxylic acid groups (broad SMARTS) is 1. The minimum Gasteiger partial charge on any atom is -0.481 e. The van der Waals surface area contributed by atoms with Crippen molar-refractivity contribution in [3.05, 3.63) is 0 Å². The minimum atomic E-state index is -0.735. The Morgan fingerprint density at radius 2 is 1.18 bits per heavy atom. The van der Waals surface area contributed by atoms with Gasteiger partial charge >= 0.3 is 18.2 Å². The number of morpholine rings is 2. The molecule has 4 aliphatic rings. The summed E-state index contributed by atoms with van der Waals surface area (Å²) in [4.78, 5) is 49.1. The number of alkyl carbamates (subject to hydrolysis) is 2. The van der Waals surface area contributed by atoms with E-state index in [0.29, 0.717) is 63.3 Å². The molecule has 0 aromatic carbocycles. The largest absolute Gasteiger partial charge is 0.481 e. The van der Waals surface area contributed by atoms with Gasteiger partial charge in [0, 0.05) is 37.1 Å². The summed E-state index contributed by atoms with van der Waals surface area (Å²) in [6, 6.07) is 0.905. The van der Waals surface area contributed by atoms with Gasteiger partial charge in [-0.1, -0.05) is 27.7 Å². The predicted octanol–water partition coefficient (Wildman–Crippen LogP) is 5.74. The Morgan fingerprint density at radius 1 is 0.706 bits per heavy atom. The molecule has 4 fully saturated rings. The van der Waals surface area contributed by atoms with Gasteiger partial charge in [-0.15, -0.1) is 0 Å². The zero-order valence-electron chi connectivity index (χ0n) is 33.2. The average Bonchev–Trinajstić information content (AvgIpc) is 3.04. The molecule has 2 saturated heterocycles. The maximum absolute atomic E-state index is 12.9. The van der Waals surface area contributed by atoms with Crippen LogP contribution in [0.1, 0.15) is 121 Å². The molecule has 0 aromatic rings. The molecule has 13 nitrogen and oxygen atoms in total. The van der Waals surface area contributed by atoms with Crippen molar-refractivity contribution in [2.24, 2.45) is 23.7 Å². The van der Waals surface area contributed by atoms with E-state index in [4.69, 9.17) is 24.1 Å². The number of nitrogens with one attached hydrogen (secondary N) is 3. The van der Waals surface area contributed by atoms with E-state index in [9.17, 15) is 19.2 Å². The molecule has 4 N–H and O–H groups in total. The SMILES string of the molecule is CC(C)(C)OC(=O)NC1CCC(C(=O)O)CC1.CC(C)[C@H]1COCCN1.CC(C)[C@H]1COCCN1C(=O)C1CCC(NC(=O)OC(C)(C)C)CC1. The van der Waals surface area contributed by atoms with E-state index in [1.54, 1.807) is 0 Å². The summed E-state index contributed by atoms with van der Waals surface area (Å²) in [5.74, 6) is 0.431. The smallest absolute Gasteiger partial charge is 0.407 e. The summed E-state index contributed by atoms with van der Waals surface area (Å²) < 4.78 is 21.3. The van der Waals surface area contributed by atoms with Gasteiger partial charge in [-0.05, 0) is 105 Å². The van der Waals surface area contributed by atoms with Gasteiger partial charge in [0.15, 0.2) is 0 Å². The van der Waals surface area contributed by atoms with Gasteiger partial charge in [-0.3, -0.25) is 9.59 Å². The first-order chi connectivity index (χ1) is 23.8. The molecule has 0 spiro atoms. The second-order valence-corrected chi connectivity index (χ2v) is 17.0. The Kier molecular flexibility index (Phi) is 18.5. The number of rotatable bonds is 6. The molecule has 2 aliphatic carbocycles. The number of carboxylic acids is 1. The Morgan fingerprint density at radius 3 is 1.55 bits per heavy atom. The van der Waals surface area contributed by atoms with Crippen LogP contribution in [0, 0.1) is 23.7 Å². The lowest BCUT2D eigenvalue weighted by atomic mass is 9.84. The van der Waals surface area contributed by atoms with Crippen LogP contribution in [0.5, 0.6) is 0 Å². The van der Waals surface area contributed by atoms with Crippen molar-refractivity contribution in [2.45, 2.75) is 156 Å². The quantitative estimate of drug-likeness (QED) is 0.265. The second kappa shape index (κ2) is 21.2. The van der Waals surface area contributed by atoms with Crippen LogP contribution < -0.4 is 16.0 Å². The van der Waals surface area contributed by atoms with Crippen LogP contribution in [-0.2, 0) is 28.5 Å². The Hall–Kier alpha value is -2.64. The van der Waals surface area contributed by atoms with E-state index in [1.165, 1.54) is 0 Å². The van der Waals surface area contributed by atoms with Gasteiger partial charge in [-0.25, -0.2) is 9.59 Å². The van der Waals surface area contributed by atoms with Crippen molar-refractivity contribution in [1.82, 2.24) is 20.9 Å². The lowest BCUT2D eigenvalue weighted by molar-refractivity contribution is -0.147. The first-order valence-electron chi connectivity index (χ1n) is 19.2. The van der Waals surface area contributed by atoms with Crippen molar-refractivity contribution < 1.29 is 43.2 Å². The number of hydrogen-bond acceptors (Lipinski definition) is 9. The highest BCUT2D eigenvalue weighted by Gasteiger charge is 2.36. The maximum Gasteiger partial charge on any atom is 0.407 e. The normalized spacial score (nSPS) is 27.2. The number of carbonyl (C=O) groups is 4. The summed E-state index contributed by atoms with van der Waals surface area (Å²) in [7, 11) is 0. The summed E-state index contributed by atoms with van der Waals surface area (Å²) in [5.41, 5.74) is -0.984. The van der Waals surface area contributed by atoms with Crippen LogP contribution in [0.3, 0.4) is 0 Å². The van der Waals surface area contributed by atoms with E-state index in [-0.39, 0.29) is 42.0 Å². The summed E-state index contributed by atoms with van der Waals surface area (Å²) >= 11 is 0. The third-order valence-corrected chi connectivity index (χ3v) is 9.57. The van der Waals surface area contributed by atoms with Crippen molar-refractivity contribution in [3.8, 4) is 0 Å². The summed E-state index contributed by atoms with van der Waals surface area (Å²) in [6.45, 7) is 24.5. The van der Waals surface area contributed by atoms with Gasteiger partial charge in [0.1, 0.15) is 11.2 Å². The van der Waals surface area contributed by atoms with Crippen LogP contribution >= 0.6 is 0 Å². The monoisotopic (exact) mass is 727 g/mol. The number of ether oxygens (including phenoxy) is 4. The molecule has 296 valence electrons. The van der Waals surface area contributed by atoms with Crippen LogP contribution in [0.15, 0.2) is 0 Å². The number of nitrogens with zero attached hydrogens (tertiary/aromatic N) is 1. The summed E-state index contributed by atoms with van der Waals surface area (Å²) in [6.07, 6.45) is 5.16. The topological polar surface area (TPSA) is 165 Å². The highest BCUT2D eigenvalue weighted by Crippen LogP contribution is 2.29. The fraction of sp³-hybridized carbons (Fsp3) is 0.895. The molecule has 0 bridgehead atoms.